The maximum atomic E-state index is 2.52. The zero-order chi connectivity index (χ0) is 47.0. The van der Waals surface area contributed by atoms with E-state index >= 15 is 0 Å². The third-order valence-corrected chi connectivity index (χ3v) is 15.9. The fourth-order valence-corrected chi connectivity index (χ4v) is 12.7. The number of rotatable bonds is 5. The number of para-hydroxylation sites is 4. The summed E-state index contributed by atoms with van der Waals surface area (Å²) in [6.45, 7) is 4.78. The monoisotopic (exact) mass is 902 g/mol. The SMILES string of the molecule is CC1(C)c2ccccc2-c2ccc(-c3c4cc(-n5c6ccccc6c6ccccc65)ccc4c(-c4ccccc4-c4cccc5ccccc45)c4cc(-n5c6ccccc6c6ccccc65)ccc34)cc21. The summed E-state index contributed by atoms with van der Waals surface area (Å²) in [4.78, 5) is 0. The zero-order valence-electron chi connectivity index (χ0n) is 39.5. The van der Waals surface area contributed by atoms with Crippen LogP contribution in [0.1, 0.15) is 25.0 Å². The Kier molecular flexibility index (Phi) is 8.45. The van der Waals surface area contributed by atoms with Crippen molar-refractivity contribution in [2.24, 2.45) is 0 Å². The minimum Gasteiger partial charge on any atom is -0.309 e. The average Bonchev–Trinajstić information content (AvgIpc) is 4.02. The molecule has 0 fully saturated rings. The fraction of sp³-hybridized carbons (Fsp3) is 0.0435. The van der Waals surface area contributed by atoms with Crippen molar-refractivity contribution >= 4 is 75.9 Å². The predicted octanol–water partition coefficient (Wildman–Crippen LogP) is 18.6. The summed E-state index contributed by atoms with van der Waals surface area (Å²) in [5.41, 5.74) is 19.6. The number of aromatic nitrogens is 2. The molecule has 2 aromatic heterocycles. The second-order valence-electron chi connectivity index (χ2n) is 20.0. The standard InChI is InChI=1S/C69H46N2/c1-69(2)61-29-12-7-22-50(61)51-37-34-44(40-62(51)69)67-57-38-35-46(71-65-32-15-10-25-54(65)55-26-11-16-33-66(55)71)42-60(57)68(56-27-6-5-21-49(56)48-28-17-19-43-18-3-4-20-47(43)48)58-39-36-45(41-59(58)67)70-63-30-13-8-23-52(63)53-24-9-14-31-64(53)70/h3-42H,1-2H3. The van der Waals surface area contributed by atoms with Crippen LogP contribution < -0.4 is 0 Å². The summed E-state index contributed by atoms with van der Waals surface area (Å²) in [5.74, 6) is 0. The van der Waals surface area contributed by atoms with Crippen molar-refractivity contribution in [3.8, 4) is 55.9 Å². The quantitative estimate of drug-likeness (QED) is 0.152. The van der Waals surface area contributed by atoms with Crippen molar-refractivity contribution in [1.82, 2.24) is 9.13 Å². The Bertz CT molecular complexity index is 4450. The van der Waals surface area contributed by atoms with E-state index in [4.69, 9.17) is 0 Å². The first-order valence-electron chi connectivity index (χ1n) is 24.8. The Labute approximate surface area is 411 Å². The molecule has 15 rings (SSSR count). The summed E-state index contributed by atoms with van der Waals surface area (Å²) >= 11 is 0. The Morgan fingerprint density at radius 2 is 0.704 bits per heavy atom. The van der Waals surface area contributed by atoms with Gasteiger partial charge in [0.05, 0.1) is 22.1 Å². The Morgan fingerprint density at radius 3 is 1.31 bits per heavy atom. The van der Waals surface area contributed by atoms with E-state index in [9.17, 15) is 0 Å². The van der Waals surface area contributed by atoms with E-state index in [1.807, 2.05) is 0 Å². The highest BCUT2D eigenvalue weighted by Gasteiger charge is 2.35. The summed E-state index contributed by atoms with van der Waals surface area (Å²) < 4.78 is 4.94. The number of hydrogen-bond acceptors (Lipinski definition) is 0. The van der Waals surface area contributed by atoms with E-state index in [2.05, 4.69) is 266 Å². The fourth-order valence-electron chi connectivity index (χ4n) is 12.7. The molecule has 0 amide bonds. The first-order valence-corrected chi connectivity index (χ1v) is 24.8. The van der Waals surface area contributed by atoms with Crippen LogP contribution in [0.5, 0.6) is 0 Å². The lowest BCUT2D eigenvalue weighted by Crippen LogP contribution is -2.14. The molecule has 0 unspecified atom stereocenters. The van der Waals surface area contributed by atoms with Gasteiger partial charge in [0, 0.05) is 38.3 Å². The van der Waals surface area contributed by atoms with Crippen molar-refractivity contribution < 1.29 is 0 Å². The molecule has 12 aromatic carbocycles. The second-order valence-corrected chi connectivity index (χ2v) is 20.0. The molecule has 2 nitrogen and oxygen atoms in total. The lowest BCUT2D eigenvalue weighted by atomic mass is 9.80. The number of fused-ring (bicyclic) bond motifs is 12. The van der Waals surface area contributed by atoms with E-state index in [0.717, 1.165) is 11.4 Å². The molecule has 0 N–H and O–H groups in total. The van der Waals surface area contributed by atoms with Gasteiger partial charge in [-0.2, -0.15) is 0 Å². The van der Waals surface area contributed by atoms with Crippen LogP contribution in [-0.2, 0) is 5.41 Å². The van der Waals surface area contributed by atoms with Gasteiger partial charge in [-0.15, -0.1) is 0 Å². The highest BCUT2D eigenvalue weighted by Crippen LogP contribution is 2.53. The van der Waals surface area contributed by atoms with Crippen LogP contribution in [0, 0.1) is 0 Å². The first-order chi connectivity index (χ1) is 35.0. The molecule has 0 aliphatic heterocycles. The first kappa shape index (κ1) is 40.0. The second kappa shape index (κ2) is 15.0. The van der Waals surface area contributed by atoms with Gasteiger partial charge in [-0.3, -0.25) is 0 Å². The summed E-state index contributed by atoms with van der Waals surface area (Å²) in [6, 6.07) is 90.9. The molecule has 0 atom stereocenters. The van der Waals surface area contributed by atoms with Gasteiger partial charge in [0.15, 0.2) is 0 Å². The number of benzene rings is 12. The lowest BCUT2D eigenvalue weighted by Gasteiger charge is -2.24. The molecule has 1 aliphatic rings. The minimum absolute atomic E-state index is 0.164. The Balaban J connectivity index is 1.11. The molecule has 0 spiro atoms. The van der Waals surface area contributed by atoms with E-state index in [1.54, 1.807) is 0 Å². The molecule has 0 bridgehead atoms. The molecular formula is C69H46N2. The van der Waals surface area contributed by atoms with Gasteiger partial charge in [0.1, 0.15) is 0 Å². The van der Waals surface area contributed by atoms with Crippen molar-refractivity contribution in [3.05, 3.63) is 254 Å². The number of hydrogen-bond donors (Lipinski definition) is 0. The van der Waals surface area contributed by atoms with Gasteiger partial charge in [0.25, 0.3) is 0 Å². The van der Waals surface area contributed by atoms with Crippen molar-refractivity contribution in [2.45, 2.75) is 19.3 Å². The van der Waals surface area contributed by atoms with Crippen LogP contribution in [0.25, 0.3) is 132 Å². The van der Waals surface area contributed by atoms with Crippen LogP contribution in [0.15, 0.2) is 243 Å². The average molecular weight is 903 g/mol. The van der Waals surface area contributed by atoms with E-state index in [1.165, 1.54) is 132 Å². The largest absolute Gasteiger partial charge is 0.309 e. The van der Waals surface area contributed by atoms with Gasteiger partial charge in [-0.1, -0.05) is 202 Å². The highest BCUT2D eigenvalue weighted by atomic mass is 15.0. The van der Waals surface area contributed by atoms with Crippen LogP contribution in [0.2, 0.25) is 0 Å². The molecule has 332 valence electrons. The third-order valence-electron chi connectivity index (χ3n) is 15.9. The van der Waals surface area contributed by atoms with Crippen LogP contribution >= 0.6 is 0 Å². The van der Waals surface area contributed by atoms with Gasteiger partial charge in [-0.25, -0.2) is 0 Å². The van der Waals surface area contributed by atoms with E-state index in [-0.39, 0.29) is 5.41 Å². The molecule has 2 heteroatoms. The molecule has 71 heavy (non-hydrogen) atoms. The molecule has 0 saturated carbocycles. The maximum Gasteiger partial charge on any atom is 0.0541 e. The summed E-state index contributed by atoms with van der Waals surface area (Å²) in [6.07, 6.45) is 0. The van der Waals surface area contributed by atoms with Crippen LogP contribution in [-0.4, -0.2) is 9.13 Å². The van der Waals surface area contributed by atoms with E-state index in [0.29, 0.717) is 0 Å². The topological polar surface area (TPSA) is 9.86 Å². The predicted molar refractivity (Wildman–Crippen MR) is 302 cm³/mol. The Morgan fingerprint density at radius 1 is 0.268 bits per heavy atom. The number of nitrogens with zero attached hydrogens (tertiary/aromatic N) is 2. The van der Waals surface area contributed by atoms with Gasteiger partial charge in [0.2, 0.25) is 0 Å². The normalized spacial score (nSPS) is 13.0. The molecule has 14 aromatic rings. The minimum atomic E-state index is -0.164. The molecule has 1 aliphatic carbocycles. The highest BCUT2D eigenvalue weighted by molar-refractivity contribution is 6.24. The molecule has 0 saturated heterocycles. The maximum absolute atomic E-state index is 2.52. The van der Waals surface area contributed by atoms with Crippen molar-refractivity contribution in [1.29, 1.82) is 0 Å². The van der Waals surface area contributed by atoms with E-state index < -0.39 is 0 Å². The Hall–Kier alpha value is -8.98. The smallest absolute Gasteiger partial charge is 0.0541 e. The summed E-state index contributed by atoms with van der Waals surface area (Å²) in [5, 5.41) is 12.4. The van der Waals surface area contributed by atoms with Gasteiger partial charge in [-0.05, 0) is 143 Å². The van der Waals surface area contributed by atoms with Crippen molar-refractivity contribution in [3.63, 3.8) is 0 Å². The molecular weight excluding hydrogens is 857 g/mol. The van der Waals surface area contributed by atoms with Crippen molar-refractivity contribution in [2.75, 3.05) is 0 Å². The van der Waals surface area contributed by atoms with Gasteiger partial charge < -0.3 is 9.13 Å². The lowest BCUT2D eigenvalue weighted by molar-refractivity contribution is 0.660. The van der Waals surface area contributed by atoms with Crippen LogP contribution in [0.4, 0.5) is 0 Å². The molecule has 2 heterocycles. The van der Waals surface area contributed by atoms with Crippen LogP contribution in [0.3, 0.4) is 0 Å². The van der Waals surface area contributed by atoms with Gasteiger partial charge >= 0.3 is 0 Å². The third kappa shape index (κ3) is 5.71. The zero-order valence-corrected chi connectivity index (χ0v) is 39.5. The summed E-state index contributed by atoms with van der Waals surface area (Å²) in [7, 11) is 0. The molecule has 0 radical (unpaired) electrons.